The summed E-state index contributed by atoms with van der Waals surface area (Å²) in [5.74, 6) is 0.123. The summed E-state index contributed by atoms with van der Waals surface area (Å²) in [6.07, 6.45) is 4.65. The molecule has 1 aromatic carbocycles. The molecule has 0 aliphatic heterocycles. The molecule has 1 amide bonds. The smallest absolute Gasteiger partial charge is 0.224 e. The second-order valence-corrected chi connectivity index (χ2v) is 4.34. The van der Waals surface area contributed by atoms with E-state index in [4.69, 9.17) is 0 Å². The zero-order chi connectivity index (χ0) is 12.7. The molecule has 1 N–H and O–H groups in total. The number of hydrogen-bond acceptors (Lipinski definition) is 1. The lowest BCUT2D eigenvalue weighted by Gasteiger charge is -2.14. The van der Waals surface area contributed by atoms with Gasteiger partial charge in [-0.1, -0.05) is 39.3 Å². The normalized spacial score (nSPS) is 10.3. The van der Waals surface area contributed by atoms with E-state index in [1.165, 1.54) is 11.1 Å². The van der Waals surface area contributed by atoms with Crippen LogP contribution in [0.4, 0.5) is 5.69 Å². The van der Waals surface area contributed by atoms with Crippen LogP contribution in [0, 0.1) is 0 Å². The lowest BCUT2D eigenvalue weighted by molar-refractivity contribution is -0.116. The Morgan fingerprint density at radius 3 is 2.53 bits per heavy atom. The van der Waals surface area contributed by atoms with Crippen LogP contribution in [0.5, 0.6) is 0 Å². The molecule has 0 heterocycles. The fourth-order valence-electron chi connectivity index (χ4n) is 2.07. The van der Waals surface area contributed by atoms with Gasteiger partial charge in [0.1, 0.15) is 0 Å². The molecule has 1 rings (SSSR count). The maximum atomic E-state index is 11.7. The predicted octanol–water partition coefficient (Wildman–Crippen LogP) is 3.94. The van der Waals surface area contributed by atoms with Gasteiger partial charge in [-0.3, -0.25) is 4.79 Å². The average molecular weight is 233 g/mol. The van der Waals surface area contributed by atoms with Crippen molar-refractivity contribution in [2.45, 2.75) is 52.9 Å². The number of hydrogen-bond donors (Lipinski definition) is 1. The van der Waals surface area contributed by atoms with Crippen LogP contribution in [0.3, 0.4) is 0 Å². The van der Waals surface area contributed by atoms with Crippen LogP contribution in [-0.4, -0.2) is 5.91 Å². The third-order valence-corrected chi connectivity index (χ3v) is 2.91. The van der Waals surface area contributed by atoms with Crippen LogP contribution < -0.4 is 5.32 Å². The number of rotatable bonds is 6. The van der Waals surface area contributed by atoms with E-state index in [-0.39, 0.29) is 5.91 Å². The first kappa shape index (κ1) is 13.8. The SMILES string of the molecule is CCCC(=O)Nc1cccc(CC)c1CCC. The van der Waals surface area contributed by atoms with Crippen LogP contribution in [0.2, 0.25) is 0 Å². The fraction of sp³-hybridized carbons (Fsp3) is 0.533. The lowest BCUT2D eigenvalue weighted by atomic mass is 9.99. The molecule has 0 aromatic heterocycles. The molecule has 0 saturated heterocycles. The Balaban J connectivity index is 2.93. The quantitative estimate of drug-likeness (QED) is 0.792. The van der Waals surface area contributed by atoms with Crippen molar-refractivity contribution in [1.29, 1.82) is 0 Å². The number of benzene rings is 1. The molecule has 0 unspecified atom stereocenters. The molecule has 2 nitrogen and oxygen atoms in total. The number of amides is 1. The minimum atomic E-state index is 0.123. The third kappa shape index (κ3) is 3.88. The zero-order valence-corrected chi connectivity index (χ0v) is 11.2. The Hall–Kier alpha value is -1.31. The van der Waals surface area contributed by atoms with Crippen LogP contribution in [0.1, 0.15) is 51.2 Å². The largest absolute Gasteiger partial charge is 0.326 e. The topological polar surface area (TPSA) is 29.1 Å². The molecule has 0 atom stereocenters. The highest BCUT2D eigenvalue weighted by molar-refractivity contribution is 5.91. The van der Waals surface area contributed by atoms with Gasteiger partial charge in [-0.25, -0.2) is 0 Å². The van der Waals surface area contributed by atoms with E-state index in [9.17, 15) is 4.79 Å². The molecular formula is C15H23NO. The molecule has 0 aliphatic rings. The summed E-state index contributed by atoms with van der Waals surface area (Å²) in [6.45, 7) is 6.35. The average Bonchev–Trinajstić information content (AvgIpc) is 2.32. The molecule has 0 spiro atoms. The van der Waals surface area contributed by atoms with Gasteiger partial charge in [0.2, 0.25) is 5.91 Å². The molecule has 0 fully saturated rings. The van der Waals surface area contributed by atoms with Crippen molar-refractivity contribution in [3.05, 3.63) is 29.3 Å². The number of carbonyl (C=O) groups is 1. The van der Waals surface area contributed by atoms with E-state index in [0.29, 0.717) is 6.42 Å². The standard InChI is InChI=1S/C15H23NO/c1-4-8-13-12(6-3)10-7-11-14(13)16-15(17)9-5-2/h7,10-11H,4-6,8-9H2,1-3H3,(H,16,17). The van der Waals surface area contributed by atoms with E-state index in [0.717, 1.165) is 31.4 Å². The monoisotopic (exact) mass is 233 g/mol. The molecule has 17 heavy (non-hydrogen) atoms. The van der Waals surface area contributed by atoms with Gasteiger partial charge in [-0.2, -0.15) is 0 Å². The Bertz CT molecular complexity index is 371. The van der Waals surface area contributed by atoms with Gasteiger partial charge in [0.25, 0.3) is 0 Å². The van der Waals surface area contributed by atoms with Crippen molar-refractivity contribution < 1.29 is 4.79 Å². The van der Waals surface area contributed by atoms with E-state index in [2.05, 4.69) is 25.2 Å². The van der Waals surface area contributed by atoms with Crippen molar-refractivity contribution in [3.8, 4) is 0 Å². The highest BCUT2D eigenvalue weighted by Gasteiger charge is 2.08. The summed E-state index contributed by atoms with van der Waals surface area (Å²) in [7, 11) is 0. The number of carbonyl (C=O) groups excluding carboxylic acids is 1. The molecular weight excluding hydrogens is 210 g/mol. The van der Waals surface area contributed by atoms with Gasteiger partial charge in [-0.15, -0.1) is 0 Å². The number of anilines is 1. The van der Waals surface area contributed by atoms with Gasteiger partial charge in [0.15, 0.2) is 0 Å². The van der Waals surface area contributed by atoms with Crippen molar-refractivity contribution >= 4 is 11.6 Å². The molecule has 1 aromatic rings. The molecule has 2 heteroatoms. The number of nitrogens with one attached hydrogen (secondary N) is 1. The van der Waals surface area contributed by atoms with Crippen molar-refractivity contribution in [2.75, 3.05) is 5.32 Å². The Morgan fingerprint density at radius 2 is 1.94 bits per heavy atom. The minimum absolute atomic E-state index is 0.123. The highest BCUT2D eigenvalue weighted by Crippen LogP contribution is 2.22. The van der Waals surface area contributed by atoms with Crippen LogP contribution >= 0.6 is 0 Å². The molecule has 0 radical (unpaired) electrons. The van der Waals surface area contributed by atoms with E-state index < -0.39 is 0 Å². The second-order valence-electron chi connectivity index (χ2n) is 4.34. The van der Waals surface area contributed by atoms with Crippen molar-refractivity contribution in [2.24, 2.45) is 0 Å². The minimum Gasteiger partial charge on any atom is -0.326 e. The first-order chi connectivity index (χ1) is 8.22. The van der Waals surface area contributed by atoms with E-state index >= 15 is 0 Å². The summed E-state index contributed by atoms with van der Waals surface area (Å²) < 4.78 is 0. The first-order valence-electron chi connectivity index (χ1n) is 6.63. The van der Waals surface area contributed by atoms with Crippen LogP contribution in [0.15, 0.2) is 18.2 Å². The summed E-state index contributed by atoms with van der Waals surface area (Å²) in [5.41, 5.74) is 3.66. The second kappa shape index (κ2) is 7.10. The van der Waals surface area contributed by atoms with Gasteiger partial charge in [0.05, 0.1) is 0 Å². The fourth-order valence-corrected chi connectivity index (χ4v) is 2.07. The Labute approximate surface area is 104 Å². The summed E-state index contributed by atoms with van der Waals surface area (Å²) >= 11 is 0. The van der Waals surface area contributed by atoms with Crippen LogP contribution in [0.25, 0.3) is 0 Å². The van der Waals surface area contributed by atoms with Gasteiger partial charge in [0, 0.05) is 12.1 Å². The maximum Gasteiger partial charge on any atom is 0.224 e. The number of aryl methyl sites for hydroxylation is 1. The zero-order valence-electron chi connectivity index (χ0n) is 11.2. The Morgan fingerprint density at radius 1 is 1.18 bits per heavy atom. The predicted molar refractivity (Wildman–Crippen MR) is 73.4 cm³/mol. The molecule has 0 bridgehead atoms. The Kier molecular flexibility index (Phi) is 5.75. The van der Waals surface area contributed by atoms with E-state index in [1.54, 1.807) is 0 Å². The highest BCUT2D eigenvalue weighted by atomic mass is 16.1. The summed E-state index contributed by atoms with van der Waals surface area (Å²) in [6, 6.07) is 6.19. The molecule has 94 valence electrons. The van der Waals surface area contributed by atoms with Crippen molar-refractivity contribution in [1.82, 2.24) is 0 Å². The first-order valence-corrected chi connectivity index (χ1v) is 6.63. The summed E-state index contributed by atoms with van der Waals surface area (Å²) in [4.78, 5) is 11.7. The third-order valence-electron chi connectivity index (χ3n) is 2.91. The lowest BCUT2D eigenvalue weighted by Crippen LogP contribution is -2.13. The van der Waals surface area contributed by atoms with Gasteiger partial charge < -0.3 is 5.32 Å². The van der Waals surface area contributed by atoms with Crippen molar-refractivity contribution in [3.63, 3.8) is 0 Å². The van der Waals surface area contributed by atoms with E-state index in [1.807, 2.05) is 19.1 Å². The van der Waals surface area contributed by atoms with Gasteiger partial charge in [-0.05, 0) is 36.5 Å². The molecule has 0 saturated carbocycles. The van der Waals surface area contributed by atoms with Gasteiger partial charge >= 0.3 is 0 Å². The maximum absolute atomic E-state index is 11.7. The molecule has 0 aliphatic carbocycles. The summed E-state index contributed by atoms with van der Waals surface area (Å²) in [5, 5.41) is 3.03. The van der Waals surface area contributed by atoms with Crippen LogP contribution in [-0.2, 0) is 17.6 Å².